The summed E-state index contributed by atoms with van der Waals surface area (Å²) in [6.45, 7) is 0. The van der Waals surface area contributed by atoms with Gasteiger partial charge in [-0.05, 0) is 0 Å². The molecule has 0 N–H and O–H groups in total. The number of alkyl halides is 3. The first-order chi connectivity index (χ1) is 8.36. The van der Waals surface area contributed by atoms with Crippen LogP contribution in [0, 0.1) is 0 Å². The third-order valence-electron chi connectivity index (χ3n) is 2.04. The minimum atomic E-state index is -4.93. The topological polar surface area (TPSA) is 43.4 Å². The molecule has 0 heterocycles. The third kappa shape index (κ3) is 3.44. The van der Waals surface area contributed by atoms with E-state index in [1.807, 2.05) is 0 Å². The Morgan fingerprint density at radius 3 is 2.17 bits per heavy atom. The predicted molar refractivity (Wildman–Crippen MR) is 56.9 cm³/mol. The molecule has 0 bridgehead atoms. The second-order valence-electron chi connectivity index (χ2n) is 3.28. The molecule has 0 aliphatic heterocycles. The van der Waals surface area contributed by atoms with Crippen LogP contribution in [0.5, 0.6) is 0 Å². The maximum Gasteiger partial charge on any atom is 0.423 e. The summed E-state index contributed by atoms with van der Waals surface area (Å²) in [4.78, 5) is 22.5. The van der Waals surface area contributed by atoms with Crippen molar-refractivity contribution in [3.8, 4) is 0 Å². The highest BCUT2D eigenvalue weighted by Gasteiger charge is 2.40. The molecule has 0 spiro atoms. The molecule has 0 aliphatic rings. The van der Waals surface area contributed by atoms with E-state index in [0.717, 1.165) is 7.11 Å². The van der Waals surface area contributed by atoms with Crippen molar-refractivity contribution in [2.75, 3.05) is 7.11 Å². The van der Waals surface area contributed by atoms with Gasteiger partial charge in [0.25, 0.3) is 0 Å². The molecule has 96 valence electrons. The number of allylic oxidation sites excluding steroid dienone is 1. The molecule has 18 heavy (non-hydrogen) atoms. The van der Waals surface area contributed by atoms with Gasteiger partial charge in [0.2, 0.25) is 0 Å². The molecule has 1 rings (SSSR count). The standard InChI is InChI=1S/C12H9F3O3/c1-18-11(17)9(12(13,14)15)7-10(16)8-5-3-2-4-6-8/h2-7H,1H3/b9-7-. The summed E-state index contributed by atoms with van der Waals surface area (Å²) < 4.78 is 41.5. The smallest absolute Gasteiger partial charge is 0.423 e. The number of methoxy groups -OCH3 is 1. The van der Waals surface area contributed by atoms with Crippen molar-refractivity contribution in [1.82, 2.24) is 0 Å². The summed E-state index contributed by atoms with van der Waals surface area (Å²) in [6.07, 6.45) is -4.70. The minimum absolute atomic E-state index is 0.0585. The van der Waals surface area contributed by atoms with Gasteiger partial charge in [0, 0.05) is 11.6 Å². The van der Waals surface area contributed by atoms with Crippen molar-refractivity contribution in [3.63, 3.8) is 0 Å². The van der Waals surface area contributed by atoms with Crippen LogP contribution in [0.15, 0.2) is 42.0 Å². The molecule has 0 amide bonds. The molecule has 1 aromatic carbocycles. The Bertz CT molecular complexity index is 475. The molecule has 0 fully saturated rings. The van der Waals surface area contributed by atoms with Crippen molar-refractivity contribution < 1.29 is 27.5 Å². The van der Waals surface area contributed by atoms with Gasteiger partial charge in [0.15, 0.2) is 5.78 Å². The third-order valence-corrected chi connectivity index (χ3v) is 2.04. The number of benzene rings is 1. The van der Waals surface area contributed by atoms with E-state index in [9.17, 15) is 22.8 Å². The van der Waals surface area contributed by atoms with E-state index in [0.29, 0.717) is 0 Å². The Morgan fingerprint density at radius 1 is 1.17 bits per heavy atom. The summed E-state index contributed by atoms with van der Waals surface area (Å²) in [5, 5.41) is 0. The van der Waals surface area contributed by atoms with Crippen LogP contribution in [-0.2, 0) is 9.53 Å². The maximum atomic E-state index is 12.5. The Labute approximate surface area is 101 Å². The average molecular weight is 258 g/mol. The number of rotatable bonds is 3. The van der Waals surface area contributed by atoms with Gasteiger partial charge in [-0.3, -0.25) is 4.79 Å². The van der Waals surface area contributed by atoms with Crippen molar-refractivity contribution >= 4 is 11.8 Å². The van der Waals surface area contributed by atoms with Crippen molar-refractivity contribution in [1.29, 1.82) is 0 Å². The Balaban J connectivity index is 3.11. The molecule has 0 radical (unpaired) electrons. The fraction of sp³-hybridized carbons (Fsp3) is 0.167. The molecular weight excluding hydrogens is 249 g/mol. The van der Waals surface area contributed by atoms with Gasteiger partial charge in [-0.2, -0.15) is 13.2 Å². The quantitative estimate of drug-likeness (QED) is 0.475. The first-order valence-electron chi connectivity index (χ1n) is 4.83. The fourth-order valence-electron chi connectivity index (χ4n) is 1.18. The highest BCUT2D eigenvalue weighted by Crippen LogP contribution is 2.26. The molecular formula is C12H9F3O3. The van der Waals surface area contributed by atoms with Gasteiger partial charge >= 0.3 is 12.1 Å². The number of hydrogen-bond donors (Lipinski definition) is 0. The second-order valence-corrected chi connectivity index (χ2v) is 3.28. The number of halogens is 3. The predicted octanol–water partition coefficient (Wildman–Crippen LogP) is 2.53. The average Bonchev–Trinajstić information content (AvgIpc) is 2.34. The summed E-state index contributed by atoms with van der Waals surface area (Å²) in [6, 6.07) is 7.33. The van der Waals surface area contributed by atoms with E-state index in [-0.39, 0.29) is 11.6 Å². The molecule has 0 saturated heterocycles. The molecule has 1 aromatic rings. The zero-order valence-corrected chi connectivity index (χ0v) is 9.32. The number of carbonyl (C=O) groups excluding carboxylic acids is 2. The molecule has 0 aliphatic carbocycles. The number of ketones is 1. The number of ether oxygens (including phenoxy) is 1. The van der Waals surface area contributed by atoms with Gasteiger partial charge in [0.1, 0.15) is 5.57 Å². The van der Waals surface area contributed by atoms with E-state index in [2.05, 4.69) is 4.74 Å². The van der Waals surface area contributed by atoms with Gasteiger partial charge in [-0.1, -0.05) is 30.3 Å². The lowest BCUT2D eigenvalue weighted by Crippen LogP contribution is -2.22. The van der Waals surface area contributed by atoms with E-state index in [4.69, 9.17) is 0 Å². The molecule has 0 unspecified atom stereocenters. The van der Waals surface area contributed by atoms with Crippen molar-refractivity contribution in [2.45, 2.75) is 6.18 Å². The Hall–Kier alpha value is -2.11. The lowest BCUT2D eigenvalue weighted by atomic mass is 10.1. The lowest BCUT2D eigenvalue weighted by Gasteiger charge is -2.08. The normalized spacial score (nSPS) is 12.1. The fourth-order valence-corrected chi connectivity index (χ4v) is 1.18. The molecule has 3 nitrogen and oxygen atoms in total. The van der Waals surface area contributed by atoms with Crippen LogP contribution in [0.4, 0.5) is 13.2 Å². The van der Waals surface area contributed by atoms with Crippen LogP contribution in [0.3, 0.4) is 0 Å². The summed E-state index contributed by atoms with van der Waals surface area (Å²) in [5.41, 5.74) is -1.57. The van der Waals surface area contributed by atoms with Gasteiger partial charge in [0.05, 0.1) is 7.11 Å². The van der Waals surface area contributed by atoms with Gasteiger partial charge in [-0.25, -0.2) is 4.79 Å². The second kappa shape index (κ2) is 5.48. The highest BCUT2D eigenvalue weighted by atomic mass is 19.4. The Kier molecular flexibility index (Phi) is 4.25. The van der Waals surface area contributed by atoms with Crippen molar-refractivity contribution in [3.05, 3.63) is 47.5 Å². The molecule has 0 aromatic heterocycles. The van der Waals surface area contributed by atoms with E-state index >= 15 is 0 Å². The summed E-state index contributed by atoms with van der Waals surface area (Å²) in [5.74, 6) is -2.50. The first kappa shape index (κ1) is 14.0. The van der Waals surface area contributed by atoms with Crippen LogP contribution in [0.2, 0.25) is 0 Å². The number of hydrogen-bond acceptors (Lipinski definition) is 3. The SMILES string of the molecule is COC(=O)/C(=C/C(=O)c1ccccc1)C(F)(F)F. The van der Waals surface area contributed by atoms with Crippen LogP contribution in [0.1, 0.15) is 10.4 Å². The van der Waals surface area contributed by atoms with Crippen LogP contribution >= 0.6 is 0 Å². The Morgan fingerprint density at radius 2 is 1.72 bits per heavy atom. The van der Waals surface area contributed by atoms with Crippen LogP contribution < -0.4 is 0 Å². The highest BCUT2D eigenvalue weighted by molar-refractivity contribution is 6.09. The van der Waals surface area contributed by atoms with Crippen molar-refractivity contribution in [2.24, 2.45) is 0 Å². The first-order valence-corrected chi connectivity index (χ1v) is 4.83. The minimum Gasteiger partial charge on any atom is -0.465 e. The molecule has 6 heteroatoms. The number of esters is 1. The monoisotopic (exact) mass is 258 g/mol. The molecule has 0 atom stereocenters. The van der Waals surface area contributed by atoms with Gasteiger partial charge in [-0.15, -0.1) is 0 Å². The maximum absolute atomic E-state index is 12.5. The lowest BCUT2D eigenvalue weighted by molar-refractivity contribution is -0.148. The summed E-state index contributed by atoms with van der Waals surface area (Å²) >= 11 is 0. The van der Waals surface area contributed by atoms with E-state index < -0.39 is 23.5 Å². The van der Waals surface area contributed by atoms with E-state index in [1.165, 1.54) is 24.3 Å². The van der Waals surface area contributed by atoms with Gasteiger partial charge < -0.3 is 4.74 Å². The molecule has 0 saturated carbocycles. The van der Waals surface area contributed by atoms with Crippen LogP contribution in [-0.4, -0.2) is 25.0 Å². The zero-order valence-electron chi connectivity index (χ0n) is 9.32. The largest absolute Gasteiger partial charge is 0.465 e. The van der Waals surface area contributed by atoms with E-state index in [1.54, 1.807) is 6.07 Å². The van der Waals surface area contributed by atoms with Crippen LogP contribution in [0.25, 0.3) is 0 Å². The zero-order chi connectivity index (χ0) is 13.8. The summed E-state index contributed by atoms with van der Waals surface area (Å²) in [7, 11) is 0.814. The number of carbonyl (C=O) groups is 2.